The standard InChI is InChI=1S/C17H21N3O/c1-13-15(17(18)14-5-3-2-4-6-14)7-8-16(19-13)20-9-11-21-12-10-20/h2-8,17H,9-12,18H2,1H3/t17-/m0/s1. The van der Waals surface area contributed by atoms with Crippen LogP contribution in [0.1, 0.15) is 22.9 Å². The quantitative estimate of drug-likeness (QED) is 0.939. The Labute approximate surface area is 125 Å². The zero-order valence-electron chi connectivity index (χ0n) is 12.3. The molecule has 0 aliphatic carbocycles. The van der Waals surface area contributed by atoms with Gasteiger partial charge in [0.05, 0.1) is 19.3 Å². The number of ether oxygens (including phenoxy) is 1. The first kappa shape index (κ1) is 14.0. The van der Waals surface area contributed by atoms with Crippen LogP contribution in [0, 0.1) is 6.92 Å². The lowest BCUT2D eigenvalue weighted by Crippen LogP contribution is -2.36. The second kappa shape index (κ2) is 6.24. The highest BCUT2D eigenvalue weighted by Gasteiger charge is 2.16. The number of hydrogen-bond donors (Lipinski definition) is 1. The normalized spacial score (nSPS) is 16.8. The molecule has 110 valence electrons. The Morgan fingerprint density at radius 1 is 1.10 bits per heavy atom. The second-order valence-corrected chi connectivity index (χ2v) is 5.33. The molecule has 1 aliphatic heterocycles. The fraction of sp³-hybridized carbons (Fsp3) is 0.353. The van der Waals surface area contributed by atoms with Gasteiger partial charge in [-0.05, 0) is 24.1 Å². The van der Waals surface area contributed by atoms with Gasteiger partial charge in [-0.25, -0.2) is 4.98 Å². The van der Waals surface area contributed by atoms with E-state index in [1.807, 2.05) is 25.1 Å². The van der Waals surface area contributed by atoms with E-state index in [4.69, 9.17) is 15.5 Å². The topological polar surface area (TPSA) is 51.4 Å². The zero-order chi connectivity index (χ0) is 14.7. The Hall–Kier alpha value is -1.91. The Bertz CT molecular complexity index is 594. The molecule has 0 amide bonds. The molecule has 2 aromatic rings. The Morgan fingerprint density at radius 2 is 1.81 bits per heavy atom. The number of hydrogen-bond acceptors (Lipinski definition) is 4. The third kappa shape index (κ3) is 3.06. The maximum Gasteiger partial charge on any atom is 0.128 e. The van der Waals surface area contributed by atoms with Crippen molar-refractivity contribution in [2.24, 2.45) is 5.73 Å². The van der Waals surface area contributed by atoms with Crippen molar-refractivity contribution in [3.05, 3.63) is 59.3 Å². The van der Waals surface area contributed by atoms with E-state index in [2.05, 4.69) is 29.2 Å². The van der Waals surface area contributed by atoms with Gasteiger partial charge in [0, 0.05) is 18.8 Å². The highest BCUT2D eigenvalue weighted by atomic mass is 16.5. The van der Waals surface area contributed by atoms with Crippen molar-refractivity contribution < 1.29 is 4.74 Å². The van der Waals surface area contributed by atoms with Crippen LogP contribution in [0.15, 0.2) is 42.5 Å². The molecule has 0 spiro atoms. The van der Waals surface area contributed by atoms with E-state index >= 15 is 0 Å². The molecule has 1 aliphatic rings. The number of aromatic nitrogens is 1. The van der Waals surface area contributed by atoms with Crippen LogP contribution >= 0.6 is 0 Å². The summed E-state index contributed by atoms with van der Waals surface area (Å²) < 4.78 is 5.38. The molecule has 0 bridgehead atoms. The highest BCUT2D eigenvalue weighted by Crippen LogP contribution is 2.24. The molecule has 1 aromatic heterocycles. The van der Waals surface area contributed by atoms with Gasteiger partial charge < -0.3 is 15.4 Å². The number of nitrogens with two attached hydrogens (primary N) is 1. The van der Waals surface area contributed by atoms with Gasteiger partial charge in [-0.15, -0.1) is 0 Å². The van der Waals surface area contributed by atoms with Crippen molar-refractivity contribution in [2.45, 2.75) is 13.0 Å². The van der Waals surface area contributed by atoms with Crippen molar-refractivity contribution in [1.29, 1.82) is 0 Å². The van der Waals surface area contributed by atoms with Crippen LogP contribution in [0.2, 0.25) is 0 Å². The number of nitrogens with zero attached hydrogens (tertiary/aromatic N) is 2. The van der Waals surface area contributed by atoms with E-state index in [-0.39, 0.29) is 6.04 Å². The Morgan fingerprint density at radius 3 is 2.48 bits per heavy atom. The molecule has 3 rings (SSSR count). The van der Waals surface area contributed by atoms with Gasteiger partial charge in [0.25, 0.3) is 0 Å². The van der Waals surface area contributed by atoms with Gasteiger partial charge in [-0.3, -0.25) is 0 Å². The fourth-order valence-electron chi connectivity index (χ4n) is 2.70. The largest absolute Gasteiger partial charge is 0.378 e. The summed E-state index contributed by atoms with van der Waals surface area (Å²) in [4.78, 5) is 6.99. The van der Waals surface area contributed by atoms with Crippen LogP contribution in [0.4, 0.5) is 5.82 Å². The monoisotopic (exact) mass is 283 g/mol. The molecule has 1 atom stereocenters. The number of rotatable bonds is 3. The van der Waals surface area contributed by atoms with Crippen molar-refractivity contribution in [1.82, 2.24) is 4.98 Å². The Balaban J connectivity index is 1.84. The Kier molecular flexibility index (Phi) is 4.18. The van der Waals surface area contributed by atoms with Crippen molar-refractivity contribution in [3.63, 3.8) is 0 Å². The molecule has 2 heterocycles. The summed E-state index contributed by atoms with van der Waals surface area (Å²) in [6.45, 7) is 5.37. The first-order valence-electron chi connectivity index (χ1n) is 7.36. The molecule has 0 saturated carbocycles. The van der Waals surface area contributed by atoms with E-state index in [1.165, 1.54) is 0 Å². The summed E-state index contributed by atoms with van der Waals surface area (Å²) in [7, 11) is 0. The lowest BCUT2D eigenvalue weighted by atomic mass is 9.98. The SMILES string of the molecule is Cc1nc(N2CCOCC2)ccc1[C@@H](N)c1ccccc1. The lowest BCUT2D eigenvalue weighted by Gasteiger charge is -2.28. The lowest BCUT2D eigenvalue weighted by molar-refractivity contribution is 0.122. The van der Waals surface area contributed by atoms with Crippen molar-refractivity contribution in [3.8, 4) is 0 Å². The van der Waals surface area contributed by atoms with E-state index in [0.29, 0.717) is 0 Å². The van der Waals surface area contributed by atoms with Crippen LogP contribution in [-0.4, -0.2) is 31.3 Å². The van der Waals surface area contributed by atoms with E-state index in [1.54, 1.807) is 0 Å². The second-order valence-electron chi connectivity index (χ2n) is 5.33. The number of benzene rings is 1. The first-order chi connectivity index (χ1) is 10.3. The third-order valence-electron chi connectivity index (χ3n) is 3.94. The molecular weight excluding hydrogens is 262 g/mol. The number of morpholine rings is 1. The van der Waals surface area contributed by atoms with Crippen LogP contribution in [0.3, 0.4) is 0 Å². The van der Waals surface area contributed by atoms with E-state index in [0.717, 1.165) is 48.9 Å². The van der Waals surface area contributed by atoms with Crippen LogP contribution < -0.4 is 10.6 Å². The average molecular weight is 283 g/mol. The zero-order valence-corrected chi connectivity index (χ0v) is 12.3. The summed E-state index contributed by atoms with van der Waals surface area (Å²) in [5.41, 5.74) is 9.56. The summed E-state index contributed by atoms with van der Waals surface area (Å²) in [5.74, 6) is 1.01. The van der Waals surface area contributed by atoms with Gasteiger partial charge in [0.15, 0.2) is 0 Å². The third-order valence-corrected chi connectivity index (χ3v) is 3.94. The van der Waals surface area contributed by atoms with Crippen molar-refractivity contribution >= 4 is 5.82 Å². The van der Waals surface area contributed by atoms with Gasteiger partial charge in [0.1, 0.15) is 5.82 Å². The number of pyridine rings is 1. The molecule has 21 heavy (non-hydrogen) atoms. The maximum absolute atomic E-state index is 6.37. The number of anilines is 1. The van der Waals surface area contributed by atoms with Gasteiger partial charge in [-0.2, -0.15) is 0 Å². The van der Waals surface area contributed by atoms with Crippen LogP contribution in [0.25, 0.3) is 0 Å². The van der Waals surface area contributed by atoms with Gasteiger partial charge in [-0.1, -0.05) is 36.4 Å². The van der Waals surface area contributed by atoms with E-state index < -0.39 is 0 Å². The van der Waals surface area contributed by atoms with Crippen molar-refractivity contribution in [2.75, 3.05) is 31.2 Å². The fourth-order valence-corrected chi connectivity index (χ4v) is 2.70. The molecule has 1 aromatic carbocycles. The van der Waals surface area contributed by atoms with Gasteiger partial charge in [0.2, 0.25) is 0 Å². The van der Waals surface area contributed by atoms with Crippen LogP contribution in [0.5, 0.6) is 0 Å². The minimum absolute atomic E-state index is 0.127. The smallest absolute Gasteiger partial charge is 0.128 e. The summed E-state index contributed by atoms with van der Waals surface area (Å²) in [5, 5.41) is 0. The predicted octanol–water partition coefficient (Wildman–Crippen LogP) is 2.27. The summed E-state index contributed by atoms with van der Waals surface area (Å²) in [6.07, 6.45) is 0. The maximum atomic E-state index is 6.37. The average Bonchev–Trinajstić information content (AvgIpc) is 2.56. The molecule has 4 nitrogen and oxygen atoms in total. The molecule has 2 N–H and O–H groups in total. The molecule has 0 radical (unpaired) electrons. The summed E-state index contributed by atoms with van der Waals surface area (Å²) >= 11 is 0. The molecule has 4 heteroatoms. The molecular formula is C17H21N3O. The number of aryl methyl sites for hydroxylation is 1. The highest BCUT2D eigenvalue weighted by molar-refractivity contribution is 5.44. The molecule has 1 saturated heterocycles. The molecule has 1 fully saturated rings. The van der Waals surface area contributed by atoms with E-state index in [9.17, 15) is 0 Å². The minimum atomic E-state index is -0.127. The van der Waals surface area contributed by atoms with Crippen LogP contribution in [-0.2, 0) is 4.74 Å². The minimum Gasteiger partial charge on any atom is -0.378 e. The first-order valence-corrected chi connectivity index (χ1v) is 7.36. The predicted molar refractivity (Wildman–Crippen MR) is 84.5 cm³/mol. The molecule has 0 unspecified atom stereocenters. The van der Waals surface area contributed by atoms with Gasteiger partial charge >= 0.3 is 0 Å². The summed E-state index contributed by atoms with van der Waals surface area (Å²) in [6, 6.07) is 14.2.